The second kappa shape index (κ2) is 12.2. The maximum Gasteiger partial charge on any atom is 0.307 e. The second-order valence-electron chi connectivity index (χ2n) is 17.1. The smallest absolute Gasteiger partial charge is 0.307 e. The first kappa shape index (κ1) is 35.3. The van der Waals surface area contributed by atoms with Crippen LogP contribution in [0.5, 0.6) is 0 Å². The lowest BCUT2D eigenvalue weighted by atomic mass is 9.34. The molecule has 1 saturated heterocycles. The quantitative estimate of drug-likeness (QED) is 0.218. The molecule has 0 radical (unpaired) electrons. The number of aliphatic hydroxyl groups excluding tert-OH is 1. The van der Waals surface area contributed by atoms with Crippen molar-refractivity contribution in [3.63, 3.8) is 0 Å². The Morgan fingerprint density at radius 2 is 1.74 bits per heavy atom. The van der Waals surface area contributed by atoms with E-state index in [4.69, 9.17) is 19.9 Å². The molecule has 4 fully saturated rings. The molecule has 0 aromatic rings. The summed E-state index contributed by atoms with van der Waals surface area (Å²) in [5, 5.41) is 20.3. The van der Waals surface area contributed by atoms with E-state index in [1.165, 1.54) is 12.5 Å². The number of rotatable bonds is 9. The molecular weight excluding hydrogens is 586 g/mol. The molecule has 2 bridgehead atoms. The van der Waals surface area contributed by atoms with E-state index < -0.39 is 58.3 Å². The first-order chi connectivity index (χ1) is 21.4. The Bertz CT molecular complexity index is 1250. The minimum Gasteiger partial charge on any atom is -0.481 e. The van der Waals surface area contributed by atoms with Crippen LogP contribution in [0.15, 0.2) is 11.6 Å². The van der Waals surface area contributed by atoms with Crippen LogP contribution in [0.4, 0.5) is 0 Å². The van der Waals surface area contributed by atoms with Crippen molar-refractivity contribution in [3.8, 4) is 0 Å². The van der Waals surface area contributed by atoms with Crippen LogP contribution >= 0.6 is 0 Å². The van der Waals surface area contributed by atoms with E-state index in [0.29, 0.717) is 38.4 Å². The minimum absolute atomic E-state index is 0.0705. The molecule has 46 heavy (non-hydrogen) atoms. The minimum atomic E-state index is -0.683. The zero-order chi connectivity index (χ0) is 34.0. The molecule has 4 N–H and O–H groups in total. The summed E-state index contributed by atoms with van der Waals surface area (Å²) in [6, 6.07) is -0.503. The molecule has 12 atom stereocenters. The van der Waals surface area contributed by atoms with Gasteiger partial charge >= 0.3 is 17.9 Å². The number of esters is 2. The normalized spacial score (nSPS) is 44.5. The monoisotopic (exact) mass is 645 g/mol. The third-order valence-electron chi connectivity index (χ3n) is 14.6. The number of fused-ring (bicyclic) bond motifs is 3. The third kappa shape index (κ3) is 5.17. The Labute approximate surface area is 275 Å². The largest absolute Gasteiger partial charge is 0.481 e. The predicted octanol–water partition coefficient (Wildman–Crippen LogP) is 5.52. The number of carbonyl (C=O) groups excluding carboxylic acids is 2. The Balaban J connectivity index is 1.54. The fraction of sp³-hybridized carbons (Fsp3) is 0.865. The molecule has 0 spiro atoms. The van der Waals surface area contributed by atoms with E-state index >= 15 is 0 Å². The van der Waals surface area contributed by atoms with E-state index in [2.05, 4.69) is 54.5 Å². The first-order valence-electron chi connectivity index (χ1n) is 17.7. The van der Waals surface area contributed by atoms with Gasteiger partial charge in [-0.25, -0.2) is 0 Å². The molecule has 0 aromatic heterocycles. The number of aliphatic carboxylic acids is 1. The van der Waals surface area contributed by atoms with Gasteiger partial charge in [-0.1, -0.05) is 60.1 Å². The maximum absolute atomic E-state index is 13.3. The van der Waals surface area contributed by atoms with E-state index in [9.17, 15) is 24.6 Å². The van der Waals surface area contributed by atoms with Gasteiger partial charge in [0.2, 0.25) is 0 Å². The van der Waals surface area contributed by atoms with Gasteiger partial charge in [-0.05, 0) is 84.9 Å². The summed E-state index contributed by atoms with van der Waals surface area (Å²) in [5.74, 6) is -0.994. The summed E-state index contributed by atoms with van der Waals surface area (Å²) in [5.41, 5.74) is 5.25. The molecule has 5 aliphatic rings. The van der Waals surface area contributed by atoms with E-state index in [1.807, 2.05) is 0 Å². The van der Waals surface area contributed by atoms with Crippen LogP contribution in [-0.4, -0.2) is 66.2 Å². The zero-order valence-electron chi connectivity index (χ0n) is 29.4. The lowest BCUT2D eigenvalue weighted by Crippen LogP contribution is -2.70. The number of allylic oxidation sites excluding steroid dienone is 1. The molecule has 5 rings (SSSR count). The van der Waals surface area contributed by atoms with Crippen molar-refractivity contribution < 1.29 is 38.8 Å². The SMILES string of the molecule is CC(=O)O[C@@H]1C[C@@]23COC[C@@](C)([C@@H]2CC[C@H]2C3=CC[C@@]3(C)[C@H](C(=O)O)[C@@](C)([C@H](C)C(C)C)CC[C@]23C)[C@H]1OC(=O)CC[C@@H](N)CO. The van der Waals surface area contributed by atoms with Crippen LogP contribution in [0.25, 0.3) is 0 Å². The highest BCUT2D eigenvalue weighted by molar-refractivity contribution is 5.73. The van der Waals surface area contributed by atoms with Crippen LogP contribution in [0.1, 0.15) is 107 Å². The lowest BCUT2D eigenvalue weighted by molar-refractivity contribution is -0.263. The second-order valence-corrected chi connectivity index (χ2v) is 17.1. The molecule has 3 saturated carbocycles. The van der Waals surface area contributed by atoms with Gasteiger partial charge in [0.25, 0.3) is 0 Å². The van der Waals surface area contributed by atoms with Gasteiger partial charge in [0.15, 0.2) is 0 Å². The number of hydrogen-bond acceptors (Lipinski definition) is 8. The Kier molecular flexibility index (Phi) is 9.35. The van der Waals surface area contributed by atoms with Crippen molar-refractivity contribution in [1.29, 1.82) is 0 Å². The van der Waals surface area contributed by atoms with Gasteiger partial charge in [0.1, 0.15) is 12.2 Å². The highest BCUT2D eigenvalue weighted by atomic mass is 16.6. The number of carboxylic acids is 1. The fourth-order valence-electron chi connectivity index (χ4n) is 11.7. The van der Waals surface area contributed by atoms with Crippen LogP contribution in [0.2, 0.25) is 0 Å². The summed E-state index contributed by atoms with van der Waals surface area (Å²) >= 11 is 0. The van der Waals surface area contributed by atoms with Crippen molar-refractivity contribution in [2.24, 2.45) is 62.4 Å². The number of carboxylic acid groups (broad SMARTS) is 1. The molecule has 0 amide bonds. The summed E-state index contributed by atoms with van der Waals surface area (Å²) in [6.45, 7) is 17.7. The third-order valence-corrected chi connectivity index (χ3v) is 14.6. The molecule has 260 valence electrons. The Hall–Kier alpha value is -1.97. The molecule has 4 aliphatic carbocycles. The maximum atomic E-state index is 13.3. The average molecular weight is 646 g/mol. The molecule has 0 aromatic carbocycles. The number of aliphatic hydroxyl groups is 1. The fourth-order valence-corrected chi connectivity index (χ4v) is 11.7. The van der Waals surface area contributed by atoms with Gasteiger partial charge in [-0.3, -0.25) is 14.4 Å². The van der Waals surface area contributed by atoms with E-state index in [-0.39, 0.29) is 41.6 Å². The summed E-state index contributed by atoms with van der Waals surface area (Å²) in [6.07, 6.45) is 6.30. The van der Waals surface area contributed by atoms with Gasteiger partial charge in [0.05, 0.1) is 25.7 Å². The van der Waals surface area contributed by atoms with Crippen LogP contribution in [0.3, 0.4) is 0 Å². The number of nitrogens with two attached hydrogens (primary N) is 1. The Morgan fingerprint density at radius 1 is 1.04 bits per heavy atom. The van der Waals surface area contributed by atoms with E-state index in [0.717, 1.165) is 25.7 Å². The van der Waals surface area contributed by atoms with Crippen molar-refractivity contribution in [2.75, 3.05) is 19.8 Å². The molecule has 0 unspecified atom stereocenters. The van der Waals surface area contributed by atoms with Crippen LogP contribution in [-0.2, 0) is 28.6 Å². The van der Waals surface area contributed by atoms with Crippen LogP contribution < -0.4 is 5.73 Å². The van der Waals surface area contributed by atoms with Gasteiger partial charge in [-0.2, -0.15) is 0 Å². The van der Waals surface area contributed by atoms with Crippen LogP contribution in [0, 0.1) is 56.7 Å². The standard InChI is InChI=1S/C37H59NO8/c1-21(2)22(3)33(5)15-16-35(7)25-10-11-28-34(6)19-44-20-37(28,26(25)13-14-36(35,8)30(33)32(42)43)17-27(45-23(4)40)31(34)46-29(41)12-9-24(38)18-39/h13,21-22,24-25,27-28,30-31,39H,9-12,14-20,38H2,1-8H3,(H,42,43)/t22-,24-,25+,27-,28+,30-,31+,33-,34+,35-,36+,37+/m1/s1. The molecule has 9 heteroatoms. The van der Waals surface area contributed by atoms with Crippen molar-refractivity contribution in [2.45, 2.75) is 125 Å². The van der Waals surface area contributed by atoms with Crippen molar-refractivity contribution in [3.05, 3.63) is 11.6 Å². The first-order valence-corrected chi connectivity index (χ1v) is 17.7. The lowest BCUT2D eigenvalue weighted by Gasteiger charge is -2.71. The zero-order valence-corrected chi connectivity index (χ0v) is 29.4. The molecule has 1 heterocycles. The molecular formula is C37H59NO8. The predicted molar refractivity (Wildman–Crippen MR) is 173 cm³/mol. The van der Waals surface area contributed by atoms with Crippen molar-refractivity contribution >= 4 is 17.9 Å². The van der Waals surface area contributed by atoms with E-state index in [1.54, 1.807) is 0 Å². The summed E-state index contributed by atoms with van der Waals surface area (Å²) in [7, 11) is 0. The van der Waals surface area contributed by atoms with Gasteiger partial charge in [0, 0.05) is 30.2 Å². The molecule has 1 aliphatic heterocycles. The molecule has 9 nitrogen and oxygen atoms in total. The average Bonchev–Trinajstić information content (AvgIpc) is 2.97. The highest BCUT2D eigenvalue weighted by Crippen LogP contribution is 2.75. The van der Waals surface area contributed by atoms with Gasteiger partial charge in [-0.15, -0.1) is 0 Å². The van der Waals surface area contributed by atoms with Crippen molar-refractivity contribution in [1.82, 2.24) is 0 Å². The Morgan fingerprint density at radius 3 is 2.35 bits per heavy atom. The summed E-state index contributed by atoms with van der Waals surface area (Å²) < 4.78 is 18.6. The summed E-state index contributed by atoms with van der Waals surface area (Å²) in [4.78, 5) is 38.9. The van der Waals surface area contributed by atoms with Gasteiger partial charge < -0.3 is 30.2 Å². The topological polar surface area (TPSA) is 145 Å². The number of hydrogen-bond donors (Lipinski definition) is 3. The highest BCUT2D eigenvalue weighted by Gasteiger charge is 2.72. The number of carbonyl (C=O) groups is 3. The number of ether oxygens (including phenoxy) is 3.